The molecule has 0 bridgehead atoms. The zero-order valence-electron chi connectivity index (χ0n) is 14.0. The summed E-state index contributed by atoms with van der Waals surface area (Å²) in [4.78, 5) is 30.8. The normalized spacial score (nSPS) is 16.6. The Labute approximate surface area is 149 Å². The summed E-state index contributed by atoms with van der Waals surface area (Å²) >= 11 is 0. The number of benzene rings is 2. The zero-order valence-corrected chi connectivity index (χ0v) is 14.0. The lowest BCUT2D eigenvalue weighted by molar-refractivity contribution is 0.0684. The van der Waals surface area contributed by atoms with E-state index in [4.69, 9.17) is 4.98 Å². The number of para-hydroxylation sites is 2. The number of fused-ring (bicyclic) bond motifs is 2. The first-order valence-electron chi connectivity index (χ1n) is 8.64. The fourth-order valence-electron chi connectivity index (χ4n) is 3.62. The van der Waals surface area contributed by atoms with Crippen molar-refractivity contribution in [1.29, 1.82) is 0 Å². The molecule has 2 N–H and O–H groups in total. The molecule has 2 aromatic carbocycles. The summed E-state index contributed by atoms with van der Waals surface area (Å²) in [5.74, 6) is 0.730. The van der Waals surface area contributed by atoms with Crippen molar-refractivity contribution in [2.75, 3.05) is 6.54 Å². The van der Waals surface area contributed by atoms with E-state index in [-0.39, 0.29) is 11.9 Å². The third-order valence-electron chi connectivity index (χ3n) is 4.87. The van der Waals surface area contributed by atoms with Gasteiger partial charge in [0.15, 0.2) is 0 Å². The maximum Gasteiger partial charge on any atom is 0.254 e. The number of H-pyrrole nitrogens is 2. The highest BCUT2D eigenvalue weighted by molar-refractivity contribution is 5.94. The van der Waals surface area contributed by atoms with Crippen LogP contribution < -0.4 is 0 Å². The Morgan fingerprint density at radius 2 is 1.88 bits per heavy atom. The van der Waals surface area contributed by atoms with Crippen LogP contribution in [0.25, 0.3) is 11.0 Å². The van der Waals surface area contributed by atoms with Crippen LogP contribution in [-0.2, 0) is 6.42 Å². The number of nitrogens with one attached hydrogen (secondary N) is 2. The molecule has 0 saturated heterocycles. The lowest BCUT2D eigenvalue weighted by Crippen LogP contribution is -2.41. The molecule has 1 atom stereocenters. The molecule has 1 amide bonds. The lowest BCUT2D eigenvalue weighted by Gasteiger charge is -2.33. The van der Waals surface area contributed by atoms with Gasteiger partial charge in [-0.1, -0.05) is 30.3 Å². The van der Waals surface area contributed by atoms with Gasteiger partial charge in [0.1, 0.15) is 11.9 Å². The Hall–Kier alpha value is -3.41. The quantitative estimate of drug-likeness (QED) is 0.587. The second-order valence-electron chi connectivity index (χ2n) is 6.42. The number of aromatic nitrogens is 4. The van der Waals surface area contributed by atoms with Gasteiger partial charge in [0.2, 0.25) is 0 Å². The largest absolute Gasteiger partial charge is 0.348 e. The van der Waals surface area contributed by atoms with E-state index in [9.17, 15) is 4.79 Å². The van der Waals surface area contributed by atoms with Crippen molar-refractivity contribution in [3.05, 3.63) is 83.7 Å². The number of hydrogen-bond acceptors (Lipinski definition) is 3. The van der Waals surface area contributed by atoms with Crippen molar-refractivity contribution >= 4 is 16.9 Å². The van der Waals surface area contributed by atoms with Crippen molar-refractivity contribution in [2.24, 2.45) is 0 Å². The lowest BCUT2D eigenvalue weighted by atomic mass is 10.0. The standard InChI is InChI=1S/C20H17N5O/c26-20(13-6-2-1-3-7-13)25-11-10-16-17(22-12-21-16)18(25)19-23-14-8-4-5-9-15(14)24-19/h1-9,12,18H,10-11H2,(H,21,22)(H,23,24)/t18-/m0/s1. The third-order valence-corrected chi connectivity index (χ3v) is 4.87. The average Bonchev–Trinajstić information content (AvgIpc) is 3.33. The van der Waals surface area contributed by atoms with E-state index < -0.39 is 0 Å². The fraction of sp³-hybridized carbons (Fsp3) is 0.150. The van der Waals surface area contributed by atoms with Crippen molar-refractivity contribution in [2.45, 2.75) is 12.5 Å². The Bertz CT molecular complexity index is 1050. The highest BCUT2D eigenvalue weighted by Gasteiger charge is 2.36. The monoisotopic (exact) mass is 343 g/mol. The molecule has 4 aromatic rings. The van der Waals surface area contributed by atoms with Gasteiger partial charge in [0, 0.05) is 24.2 Å². The van der Waals surface area contributed by atoms with E-state index in [2.05, 4.69) is 15.0 Å². The Balaban J connectivity index is 1.63. The summed E-state index contributed by atoms with van der Waals surface area (Å²) < 4.78 is 0. The minimum absolute atomic E-state index is 0.00953. The van der Waals surface area contributed by atoms with Gasteiger partial charge in [-0.05, 0) is 24.3 Å². The summed E-state index contributed by atoms with van der Waals surface area (Å²) in [5, 5.41) is 0. The average molecular weight is 343 g/mol. The summed E-state index contributed by atoms with van der Waals surface area (Å²) in [6.07, 6.45) is 2.45. The number of carbonyl (C=O) groups is 1. The van der Waals surface area contributed by atoms with Gasteiger partial charge in [-0.15, -0.1) is 0 Å². The Morgan fingerprint density at radius 3 is 2.73 bits per heavy atom. The van der Waals surface area contributed by atoms with E-state index in [1.807, 2.05) is 59.5 Å². The predicted molar refractivity (Wildman–Crippen MR) is 97.7 cm³/mol. The highest BCUT2D eigenvalue weighted by Crippen LogP contribution is 2.33. The minimum Gasteiger partial charge on any atom is -0.348 e. The number of imidazole rings is 2. The van der Waals surface area contributed by atoms with Gasteiger partial charge < -0.3 is 14.9 Å². The fourth-order valence-corrected chi connectivity index (χ4v) is 3.62. The van der Waals surface area contributed by atoms with Gasteiger partial charge in [-0.2, -0.15) is 0 Å². The molecule has 0 saturated carbocycles. The molecule has 0 aliphatic carbocycles. The van der Waals surface area contributed by atoms with Crippen LogP contribution in [0.3, 0.4) is 0 Å². The first-order chi connectivity index (χ1) is 12.8. The number of hydrogen-bond donors (Lipinski definition) is 2. The van der Waals surface area contributed by atoms with Crippen molar-refractivity contribution in [3.8, 4) is 0 Å². The minimum atomic E-state index is -0.329. The molecule has 1 aliphatic heterocycles. The molecular weight excluding hydrogens is 326 g/mol. The first kappa shape index (κ1) is 14.9. The SMILES string of the molecule is O=C(c1ccccc1)N1CCc2[nH]cnc2[C@H]1c1nc2ccccc2[nH]1. The van der Waals surface area contributed by atoms with E-state index in [0.717, 1.165) is 34.7 Å². The maximum absolute atomic E-state index is 13.2. The van der Waals surface area contributed by atoms with E-state index in [1.54, 1.807) is 6.33 Å². The van der Waals surface area contributed by atoms with Gasteiger partial charge in [-0.3, -0.25) is 4.79 Å². The van der Waals surface area contributed by atoms with Gasteiger partial charge >= 0.3 is 0 Å². The first-order valence-corrected chi connectivity index (χ1v) is 8.64. The number of nitrogens with zero attached hydrogens (tertiary/aromatic N) is 3. The highest BCUT2D eigenvalue weighted by atomic mass is 16.2. The summed E-state index contributed by atoms with van der Waals surface area (Å²) in [7, 11) is 0. The Kier molecular flexibility index (Phi) is 3.35. The predicted octanol–water partition coefficient (Wildman–Crippen LogP) is 3.07. The van der Waals surface area contributed by atoms with Gasteiger partial charge in [-0.25, -0.2) is 9.97 Å². The molecule has 0 fully saturated rings. The summed E-state index contributed by atoms with van der Waals surface area (Å²) in [5.41, 5.74) is 4.44. The van der Waals surface area contributed by atoms with Crippen LogP contribution in [0.2, 0.25) is 0 Å². The molecule has 2 aromatic heterocycles. The number of carbonyl (C=O) groups excluding carboxylic acids is 1. The van der Waals surface area contributed by atoms with Crippen LogP contribution in [0.15, 0.2) is 60.9 Å². The van der Waals surface area contributed by atoms with Gasteiger partial charge in [0.25, 0.3) is 5.91 Å². The van der Waals surface area contributed by atoms with Crippen LogP contribution in [-0.4, -0.2) is 37.3 Å². The molecule has 3 heterocycles. The molecule has 128 valence electrons. The molecule has 0 radical (unpaired) electrons. The smallest absolute Gasteiger partial charge is 0.254 e. The van der Waals surface area contributed by atoms with E-state index in [0.29, 0.717) is 12.1 Å². The van der Waals surface area contributed by atoms with Crippen LogP contribution >= 0.6 is 0 Å². The van der Waals surface area contributed by atoms with Crippen LogP contribution in [0.1, 0.15) is 33.6 Å². The Morgan fingerprint density at radius 1 is 1.08 bits per heavy atom. The molecule has 26 heavy (non-hydrogen) atoms. The maximum atomic E-state index is 13.2. The zero-order chi connectivity index (χ0) is 17.5. The van der Waals surface area contributed by atoms with Crippen molar-refractivity contribution in [1.82, 2.24) is 24.8 Å². The second-order valence-corrected chi connectivity index (χ2v) is 6.42. The van der Waals surface area contributed by atoms with Crippen LogP contribution in [0.5, 0.6) is 0 Å². The molecule has 6 nitrogen and oxygen atoms in total. The van der Waals surface area contributed by atoms with Crippen molar-refractivity contribution in [3.63, 3.8) is 0 Å². The summed E-state index contributed by atoms with van der Waals surface area (Å²) in [6.45, 7) is 0.616. The topological polar surface area (TPSA) is 77.7 Å². The molecule has 1 aliphatic rings. The van der Waals surface area contributed by atoms with E-state index in [1.165, 1.54) is 0 Å². The summed E-state index contributed by atoms with van der Waals surface area (Å²) in [6, 6.07) is 16.9. The number of aromatic amines is 2. The second kappa shape index (κ2) is 5.84. The van der Waals surface area contributed by atoms with Gasteiger partial charge in [0.05, 0.1) is 23.1 Å². The molecule has 6 heteroatoms. The molecule has 0 spiro atoms. The number of rotatable bonds is 2. The van der Waals surface area contributed by atoms with Crippen LogP contribution in [0, 0.1) is 0 Å². The molecule has 0 unspecified atom stereocenters. The van der Waals surface area contributed by atoms with Crippen molar-refractivity contribution < 1.29 is 4.79 Å². The number of amides is 1. The van der Waals surface area contributed by atoms with Crippen LogP contribution in [0.4, 0.5) is 0 Å². The third kappa shape index (κ3) is 2.30. The molecular formula is C20H17N5O. The molecule has 5 rings (SSSR count). The van der Waals surface area contributed by atoms with E-state index >= 15 is 0 Å².